The second-order valence-electron chi connectivity index (χ2n) is 3.33. The molecule has 0 unspecified atom stereocenters. The van der Waals surface area contributed by atoms with Gasteiger partial charge in [0.05, 0.1) is 12.0 Å². The molecule has 0 aliphatic heterocycles. The number of halogens is 1. The Balaban J connectivity index is 1.92. The molecule has 6 heteroatoms. The van der Waals surface area contributed by atoms with E-state index in [0.717, 1.165) is 18.7 Å². The van der Waals surface area contributed by atoms with E-state index >= 15 is 0 Å². The van der Waals surface area contributed by atoms with E-state index < -0.39 is 0 Å². The van der Waals surface area contributed by atoms with Gasteiger partial charge in [-0.15, -0.1) is 0 Å². The van der Waals surface area contributed by atoms with Gasteiger partial charge in [0.1, 0.15) is 5.15 Å². The molecule has 2 aromatic rings. The van der Waals surface area contributed by atoms with Gasteiger partial charge in [0.15, 0.2) is 5.82 Å². The number of rotatable bonds is 4. The van der Waals surface area contributed by atoms with Gasteiger partial charge >= 0.3 is 0 Å². The quantitative estimate of drug-likeness (QED) is 0.707. The van der Waals surface area contributed by atoms with Crippen LogP contribution in [0.5, 0.6) is 0 Å². The molecule has 0 spiro atoms. The molecule has 2 rings (SSSR count). The highest BCUT2D eigenvalue weighted by atomic mass is 35.5. The largest absolute Gasteiger partial charge is 0.396 e. The highest BCUT2D eigenvalue weighted by Gasteiger charge is 2.01. The number of anilines is 2. The summed E-state index contributed by atoms with van der Waals surface area (Å²) in [6, 6.07) is 3.39. The minimum absolute atomic E-state index is 0.429. The van der Waals surface area contributed by atoms with Crippen molar-refractivity contribution < 1.29 is 0 Å². The van der Waals surface area contributed by atoms with Gasteiger partial charge in [-0.1, -0.05) is 11.6 Å². The molecule has 4 N–H and O–H groups in total. The maximum atomic E-state index is 5.77. The predicted molar refractivity (Wildman–Crippen MR) is 64.4 cm³/mol. The molecule has 0 fully saturated rings. The Morgan fingerprint density at radius 2 is 2.31 bits per heavy atom. The third-order valence-electron chi connectivity index (χ3n) is 2.13. The van der Waals surface area contributed by atoms with Gasteiger partial charge in [-0.25, -0.2) is 9.97 Å². The third kappa shape index (κ3) is 2.64. The number of nitrogens with two attached hydrogens (primary N) is 1. The number of imidazole rings is 1. The molecule has 0 saturated carbocycles. The monoisotopic (exact) mass is 237 g/mol. The highest BCUT2D eigenvalue weighted by Crippen LogP contribution is 2.17. The number of aromatic nitrogens is 3. The number of nitrogens with one attached hydrogen (secondary N) is 2. The molecule has 0 aromatic carbocycles. The van der Waals surface area contributed by atoms with E-state index in [1.165, 1.54) is 0 Å². The molecule has 0 bridgehead atoms. The van der Waals surface area contributed by atoms with E-state index in [-0.39, 0.29) is 0 Å². The lowest BCUT2D eigenvalue weighted by Gasteiger charge is -2.07. The van der Waals surface area contributed by atoms with Gasteiger partial charge in [-0.05, 0) is 12.1 Å². The molecule has 5 nitrogen and oxygen atoms in total. The standard InChI is InChI=1S/C10H12ClN5/c11-9-2-1-8(12)10(16-9)14-4-3-7-5-13-6-15-7/h1-2,5-6H,3-4,12H2,(H,13,15)(H,14,16). The average Bonchev–Trinajstić information content (AvgIpc) is 2.76. The first-order valence-corrected chi connectivity index (χ1v) is 5.26. The third-order valence-corrected chi connectivity index (χ3v) is 2.34. The van der Waals surface area contributed by atoms with Gasteiger partial charge in [-0.3, -0.25) is 0 Å². The zero-order valence-corrected chi connectivity index (χ0v) is 9.33. The van der Waals surface area contributed by atoms with E-state index in [9.17, 15) is 0 Å². The van der Waals surface area contributed by atoms with Crippen LogP contribution in [0.25, 0.3) is 0 Å². The summed E-state index contributed by atoms with van der Waals surface area (Å²) in [6.45, 7) is 0.722. The van der Waals surface area contributed by atoms with Gasteiger partial charge < -0.3 is 16.0 Å². The summed E-state index contributed by atoms with van der Waals surface area (Å²) >= 11 is 5.77. The predicted octanol–water partition coefficient (Wildman–Crippen LogP) is 1.69. The maximum Gasteiger partial charge on any atom is 0.150 e. The van der Waals surface area contributed by atoms with E-state index in [1.54, 1.807) is 24.7 Å². The number of hydrogen-bond donors (Lipinski definition) is 3. The van der Waals surface area contributed by atoms with Crippen molar-refractivity contribution in [2.45, 2.75) is 6.42 Å². The summed E-state index contributed by atoms with van der Waals surface area (Å²) in [7, 11) is 0. The number of aromatic amines is 1. The van der Waals surface area contributed by atoms with Crippen LogP contribution in [0.4, 0.5) is 11.5 Å². The molecule has 0 aliphatic carbocycles. The topological polar surface area (TPSA) is 79.6 Å². The molecule has 0 aliphatic rings. The summed E-state index contributed by atoms with van der Waals surface area (Å²) in [5, 5.41) is 3.55. The zero-order valence-electron chi connectivity index (χ0n) is 8.57. The summed E-state index contributed by atoms with van der Waals surface area (Å²) < 4.78 is 0. The Hall–Kier alpha value is -1.75. The van der Waals surface area contributed by atoms with Crippen molar-refractivity contribution in [1.82, 2.24) is 15.0 Å². The summed E-state index contributed by atoms with van der Waals surface area (Å²) in [4.78, 5) is 11.1. The second-order valence-corrected chi connectivity index (χ2v) is 3.71. The average molecular weight is 238 g/mol. The summed E-state index contributed by atoms with van der Waals surface area (Å²) in [5.41, 5.74) is 7.40. The first kappa shape index (κ1) is 10.8. The molecule has 2 aromatic heterocycles. The normalized spacial score (nSPS) is 10.3. The molecular weight excluding hydrogens is 226 g/mol. The van der Waals surface area contributed by atoms with E-state index in [4.69, 9.17) is 17.3 Å². The summed E-state index contributed by atoms with van der Waals surface area (Å²) in [5.74, 6) is 0.618. The van der Waals surface area contributed by atoms with Crippen LogP contribution >= 0.6 is 11.6 Å². The Bertz CT molecular complexity index is 454. The number of nitrogen functional groups attached to an aromatic ring is 1. The van der Waals surface area contributed by atoms with E-state index in [1.807, 2.05) is 0 Å². The highest BCUT2D eigenvalue weighted by molar-refractivity contribution is 6.29. The van der Waals surface area contributed by atoms with Crippen molar-refractivity contribution in [3.8, 4) is 0 Å². The van der Waals surface area contributed by atoms with Gasteiger partial charge in [0.2, 0.25) is 0 Å². The van der Waals surface area contributed by atoms with Crippen LogP contribution in [0.1, 0.15) is 5.69 Å². The lowest BCUT2D eigenvalue weighted by Crippen LogP contribution is -2.08. The number of hydrogen-bond acceptors (Lipinski definition) is 4. The van der Waals surface area contributed by atoms with Crippen LogP contribution in [0.2, 0.25) is 5.15 Å². The number of pyridine rings is 1. The fourth-order valence-electron chi connectivity index (χ4n) is 1.32. The van der Waals surface area contributed by atoms with Crippen molar-refractivity contribution in [2.24, 2.45) is 0 Å². The van der Waals surface area contributed by atoms with Gasteiger partial charge in [0.25, 0.3) is 0 Å². The maximum absolute atomic E-state index is 5.77. The minimum Gasteiger partial charge on any atom is -0.396 e. The van der Waals surface area contributed by atoms with Crippen molar-refractivity contribution >= 4 is 23.1 Å². The van der Waals surface area contributed by atoms with Crippen LogP contribution < -0.4 is 11.1 Å². The fourth-order valence-corrected chi connectivity index (χ4v) is 1.47. The van der Waals surface area contributed by atoms with Gasteiger partial charge in [-0.2, -0.15) is 0 Å². The van der Waals surface area contributed by atoms with Crippen LogP contribution in [0.15, 0.2) is 24.7 Å². The number of nitrogens with zero attached hydrogens (tertiary/aromatic N) is 2. The van der Waals surface area contributed by atoms with Crippen molar-refractivity contribution in [2.75, 3.05) is 17.6 Å². The molecule has 0 atom stereocenters. The number of H-pyrrole nitrogens is 1. The Morgan fingerprint density at radius 3 is 3.06 bits per heavy atom. The smallest absolute Gasteiger partial charge is 0.150 e. The van der Waals surface area contributed by atoms with Crippen LogP contribution in [0.3, 0.4) is 0 Å². The van der Waals surface area contributed by atoms with Crippen molar-refractivity contribution in [3.63, 3.8) is 0 Å². The SMILES string of the molecule is Nc1ccc(Cl)nc1NCCc1cnc[nH]1. The molecular formula is C10H12ClN5. The molecule has 84 valence electrons. The molecule has 0 amide bonds. The summed E-state index contributed by atoms with van der Waals surface area (Å²) in [6.07, 6.45) is 4.27. The van der Waals surface area contributed by atoms with E-state index in [0.29, 0.717) is 16.7 Å². The Labute approximate surface area is 98.1 Å². The van der Waals surface area contributed by atoms with Crippen molar-refractivity contribution in [1.29, 1.82) is 0 Å². The zero-order chi connectivity index (χ0) is 11.4. The second kappa shape index (κ2) is 4.85. The van der Waals surface area contributed by atoms with Gasteiger partial charge in [0, 0.05) is 24.9 Å². The first-order chi connectivity index (χ1) is 7.75. The van der Waals surface area contributed by atoms with Crippen LogP contribution in [-0.2, 0) is 6.42 Å². The minimum atomic E-state index is 0.429. The Morgan fingerprint density at radius 1 is 1.44 bits per heavy atom. The van der Waals surface area contributed by atoms with Crippen LogP contribution in [-0.4, -0.2) is 21.5 Å². The molecule has 0 saturated heterocycles. The van der Waals surface area contributed by atoms with Crippen molar-refractivity contribution in [3.05, 3.63) is 35.5 Å². The lowest BCUT2D eigenvalue weighted by atomic mass is 10.3. The lowest BCUT2D eigenvalue weighted by molar-refractivity contribution is 0.969. The van der Waals surface area contributed by atoms with Crippen LogP contribution in [0, 0.1) is 0 Å². The fraction of sp³-hybridized carbons (Fsp3) is 0.200. The first-order valence-electron chi connectivity index (χ1n) is 4.89. The molecule has 16 heavy (non-hydrogen) atoms. The molecule has 2 heterocycles. The molecule has 0 radical (unpaired) electrons. The Kier molecular flexibility index (Phi) is 3.26. The van der Waals surface area contributed by atoms with E-state index in [2.05, 4.69) is 20.3 Å².